The second-order valence-corrected chi connectivity index (χ2v) is 9.61. The van der Waals surface area contributed by atoms with Gasteiger partial charge in [-0.1, -0.05) is 6.07 Å². The minimum absolute atomic E-state index is 0.134. The molecule has 0 radical (unpaired) electrons. The van der Waals surface area contributed by atoms with Gasteiger partial charge in [0, 0.05) is 37.4 Å². The molecular weight excluding hydrogens is 457 g/mol. The van der Waals surface area contributed by atoms with E-state index in [0.717, 1.165) is 55.4 Å². The Hall–Kier alpha value is -3.75. The first-order valence-electron chi connectivity index (χ1n) is 12.7. The normalized spacial score (nSPS) is 17.8. The minimum Gasteiger partial charge on any atom is -0.479 e. The maximum Gasteiger partial charge on any atom is 0.238 e. The van der Waals surface area contributed by atoms with Crippen LogP contribution in [0.2, 0.25) is 0 Å². The number of anilines is 1. The molecule has 5 heterocycles. The molecule has 1 fully saturated rings. The van der Waals surface area contributed by atoms with Crippen LogP contribution in [0.5, 0.6) is 5.88 Å². The second-order valence-electron chi connectivity index (χ2n) is 9.61. The number of nitrogens with zero attached hydrogens (tertiary/aromatic N) is 7. The van der Waals surface area contributed by atoms with Crippen LogP contribution in [0, 0.1) is 12.7 Å². The van der Waals surface area contributed by atoms with Crippen molar-refractivity contribution in [2.45, 2.75) is 51.5 Å². The first-order valence-corrected chi connectivity index (χ1v) is 12.7. The molecule has 0 saturated carbocycles. The molecule has 0 amide bonds. The number of hydrogen-bond donors (Lipinski definition) is 0. The summed E-state index contributed by atoms with van der Waals surface area (Å²) in [5.41, 5.74) is 3.98. The van der Waals surface area contributed by atoms with Crippen molar-refractivity contribution in [3.05, 3.63) is 65.8 Å². The molecule has 0 unspecified atom stereocenters. The van der Waals surface area contributed by atoms with Crippen LogP contribution in [-0.4, -0.2) is 49.5 Å². The smallest absolute Gasteiger partial charge is 0.238 e. The van der Waals surface area contributed by atoms with E-state index in [1.807, 2.05) is 40.6 Å². The quantitative estimate of drug-likeness (QED) is 0.399. The molecule has 1 atom stereocenters. The Balaban J connectivity index is 1.31. The van der Waals surface area contributed by atoms with Crippen LogP contribution in [0.1, 0.15) is 55.1 Å². The Kier molecular flexibility index (Phi) is 5.91. The number of piperidine rings is 1. The van der Waals surface area contributed by atoms with Gasteiger partial charge in [0.15, 0.2) is 5.82 Å². The van der Waals surface area contributed by atoms with E-state index in [1.54, 1.807) is 19.5 Å². The standard InChI is InChI=1S/C27H30FN7O/c1-18-16-34(17-29-18)24-11-10-23(30-27(24)36-2)25-31-26-21(7-6-14-35(26)32-25)20-9-8-19(15-22(20)28)33-12-4-3-5-13-33/h8-11,15-17,21H,3-7,12-14H2,1-2H3/t21-/m1/s1. The number of fused-ring (bicyclic) bond motifs is 1. The average molecular weight is 488 g/mol. The number of aryl methyl sites for hydroxylation is 2. The van der Waals surface area contributed by atoms with Gasteiger partial charge in [0.05, 0.1) is 19.1 Å². The molecule has 4 aromatic rings. The summed E-state index contributed by atoms with van der Waals surface area (Å²) in [7, 11) is 1.59. The van der Waals surface area contributed by atoms with E-state index < -0.39 is 0 Å². The van der Waals surface area contributed by atoms with E-state index in [1.165, 1.54) is 19.3 Å². The van der Waals surface area contributed by atoms with E-state index in [4.69, 9.17) is 14.8 Å². The van der Waals surface area contributed by atoms with Crippen LogP contribution >= 0.6 is 0 Å². The fourth-order valence-electron chi connectivity index (χ4n) is 5.36. The SMILES string of the molecule is COc1nc(-c2nc3n(n2)CCC[C@@H]3c2ccc(N3CCCCC3)cc2F)ccc1-n1cnc(C)c1. The van der Waals surface area contributed by atoms with E-state index in [2.05, 4.69) is 20.9 Å². The van der Waals surface area contributed by atoms with Gasteiger partial charge in [-0.15, -0.1) is 5.10 Å². The Morgan fingerprint density at radius 2 is 1.86 bits per heavy atom. The lowest BCUT2D eigenvalue weighted by Gasteiger charge is -2.29. The summed E-state index contributed by atoms with van der Waals surface area (Å²) in [5.74, 6) is 1.48. The highest BCUT2D eigenvalue weighted by atomic mass is 19.1. The van der Waals surface area contributed by atoms with Crippen LogP contribution in [0.4, 0.5) is 10.1 Å². The lowest BCUT2D eigenvalue weighted by atomic mass is 9.90. The summed E-state index contributed by atoms with van der Waals surface area (Å²) in [6, 6.07) is 9.51. The van der Waals surface area contributed by atoms with Gasteiger partial charge >= 0.3 is 0 Å². The Morgan fingerprint density at radius 1 is 1.00 bits per heavy atom. The molecule has 0 N–H and O–H groups in total. The topological polar surface area (TPSA) is 73.9 Å². The Morgan fingerprint density at radius 3 is 2.61 bits per heavy atom. The molecule has 2 aliphatic rings. The van der Waals surface area contributed by atoms with Crippen molar-refractivity contribution >= 4 is 5.69 Å². The summed E-state index contributed by atoms with van der Waals surface area (Å²) in [4.78, 5) is 16.1. The molecule has 0 spiro atoms. The van der Waals surface area contributed by atoms with E-state index in [0.29, 0.717) is 23.0 Å². The highest BCUT2D eigenvalue weighted by molar-refractivity contribution is 5.56. The highest BCUT2D eigenvalue weighted by Gasteiger charge is 2.29. The van der Waals surface area contributed by atoms with Crippen LogP contribution in [0.25, 0.3) is 17.2 Å². The van der Waals surface area contributed by atoms with Crippen LogP contribution in [-0.2, 0) is 6.54 Å². The highest BCUT2D eigenvalue weighted by Crippen LogP contribution is 2.36. The van der Waals surface area contributed by atoms with Gasteiger partial charge in [-0.3, -0.25) is 0 Å². The van der Waals surface area contributed by atoms with E-state index in [9.17, 15) is 0 Å². The lowest BCUT2D eigenvalue weighted by Crippen LogP contribution is -2.29. The van der Waals surface area contributed by atoms with E-state index in [-0.39, 0.29) is 11.7 Å². The van der Waals surface area contributed by atoms with Crippen LogP contribution < -0.4 is 9.64 Å². The maximum absolute atomic E-state index is 15.4. The zero-order valence-electron chi connectivity index (χ0n) is 20.7. The average Bonchev–Trinajstić information content (AvgIpc) is 3.55. The summed E-state index contributed by atoms with van der Waals surface area (Å²) in [6.45, 7) is 4.69. The monoisotopic (exact) mass is 487 g/mol. The Bertz CT molecular complexity index is 1390. The fourth-order valence-corrected chi connectivity index (χ4v) is 5.36. The second kappa shape index (κ2) is 9.37. The van der Waals surface area contributed by atoms with Gasteiger partial charge in [0.1, 0.15) is 23.0 Å². The lowest BCUT2D eigenvalue weighted by molar-refractivity contribution is 0.396. The first kappa shape index (κ1) is 22.7. The molecule has 2 aliphatic heterocycles. The summed E-state index contributed by atoms with van der Waals surface area (Å²) < 4.78 is 24.7. The number of aromatic nitrogens is 6. The van der Waals surface area contributed by atoms with Crippen molar-refractivity contribution < 1.29 is 9.13 Å². The number of imidazole rings is 1. The summed E-state index contributed by atoms with van der Waals surface area (Å²) >= 11 is 0. The number of benzene rings is 1. The number of methoxy groups -OCH3 is 1. The van der Waals surface area contributed by atoms with E-state index >= 15 is 4.39 Å². The van der Waals surface area contributed by atoms with Crippen molar-refractivity contribution in [3.8, 4) is 23.1 Å². The molecule has 6 rings (SSSR count). The minimum atomic E-state index is -0.166. The molecule has 9 heteroatoms. The predicted molar refractivity (Wildman–Crippen MR) is 135 cm³/mol. The van der Waals surface area contributed by atoms with Gasteiger partial charge in [-0.25, -0.2) is 24.0 Å². The number of rotatable bonds is 5. The number of ether oxygens (including phenoxy) is 1. The van der Waals surface area contributed by atoms with Crippen molar-refractivity contribution in [2.24, 2.45) is 0 Å². The first-order chi connectivity index (χ1) is 17.6. The van der Waals surface area contributed by atoms with Crippen molar-refractivity contribution in [1.29, 1.82) is 0 Å². The molecule has 36 heavy (non-hydrogen) atoms. The van der Waals surface area contributed by atoms with Crippen LogP contribution in [0.3, 0.4) is 0 Å². The molecule has 0 bridgehead atoms. The van der Waals surface area contributed by atoms with Gasteiger partial charge in [-0.2, -0.15) is 0 Å². The molecule has 1 saturated heterocycles. The molecular formula is C27H30FN7O. The number of pyridine rings is 1. The summed E-state index contributed by atoms with van der Waals surface area (Å²) in [5, 5.41) is 4.74. The van der Waals surface area contributed by atoms with Crippen molar-refractivity contribution in [2.75, 3.05) is 25.1 Å². The molecule has 1 aromatic carbocycles. The molecule has 186 valence electrons. The van der Waals surface area contributed by atoms with Gasteiger partial charge < -0.3 is 14.2 Å². The van der Waals surface area contributed by atoms with Gasteiger partial charge in [0.25, 0.3) is 0 Å². The maximum atomic E-state index is 15.4. The zero-order valence-corrected chi connectivity index (χ0v) is 20.7. The van der Waals surface area contributed by atoms with Gasteiger partial charge in [-0.05, 0) is 68.9 Å². The summed E-state index contributed by atoms with van der Waals surface area (Å²) in [6.07, 6.45) is 9.00. The zero-order chi connectivity index (χ0) is 24.6. The van der Waals surface area contributed by atoms with Crippen molar-refractivity contribution in [3.63, 3.8) is 0 Å². The molecule has 8 nitrogen and oxygen atoms in total. The predicted octanol–water partition coefficient (Wildman–Crippen LogP) is 4.90. The van der Waals surface area contributed by atoms with Gasteiger partial charge in [0.2, 0.25) is 5.88 Å². The number of hydrogen-bond acceptors (Lipinski definition) is 6. The molecule has 3 aromatic heterocycles. The molecule has 0 aliphatic carbocycles. The third-order valence-corrected chi connectivity index (χ3v) is 7.21. The van der Waals surface area contributed by atoms with Crippen LogP contribution in [0.15, 0.2) is 42.9 Å². The Labute approximate surface area is 209 Å². The number of halogens is 1. The third-order valence-electron chi connectivity index (χ3n) is 7.21. The fraction of sp³-hybridized carbons (Fsp3) is 0.407. The third kappa shape index (κ3) is 4.12. The largest absolute Gasteiger partial charge is 0.479 e. The van der Waals surface area contributed by atoms with Crippen molar-refractivity contribution in [1.82, 2.24) is 29.3 Å².